The molecule has 0 bridgehead atoms. The molecule has 0 N–H and O–H groups in total. The van der Waals surface area contributed by atoms with E-state index in [-0.39, 0.29) is 0 Å². The van der Waals surface area contributed by atoms with Gasteiger partial charge in [0.1, 0.15) is 0 Å². The van der Waals surface area contributed by atoms with Crippen molar-refractivity contribution in [1.82, 2.24) is 0 Å². The first-order chi connectivity index (χ1) is 8.15. The Kier molecular flexibility index (Phi) is 3.99. The molecule has 0 saturated carbocycles. The number of carbonyl (C=O) groups excluding carboxylic acids is 2. The Bertz CT molecular complexity index is 474. The minimum atomic E-state index is -0.410. The van der Waals surface area contributed by atoms with Crippen molar-refractivity contribution in [3.8, 4) is 0 Å². The molecule has 0 saturated heterocycles. The maximum absolute atomic E-state index is 11.8. The van der Waals surface area contributed by atoms with Crippen LogP contribution < -0.4 is 4.90 Å². The number of amides is 1. The Morgan fingerprint density at radius 1 is 1.18 bits per heavy atom. The van der Waals surface area contributed by atoms with Crippen LogP contribution in [0.3, 0.4) is 0 Å². The number of carbonyl (C=O) groups is 2. The molecular weight excluding hydrogens is 350 g/mol. The van der Waals surface area contributed by atoms with Crippen molar-refractivity contribution in [2.75, 3.05) is 16.8 Å². The second-order valence-corrected chi connectivity index (χ2v) is 5.55. The smallest absolute Gasteiger partial charge is 0.299 e. The first-order valence-corrected chi connectivity index (χ1v) is 7.28. The van der Waals surface area contributed by atoms with Crippen LogP contribution >= 0.6 is 31.9 Å². The highest BCUT2D eigenvalue weighted by Gasteiger charge is 2.35. The van der Waals surface area contributed by atoms with Crippen LogP contribution in [0.15, 0.2) is 22.7 Å². The fourth-order valence-corrected chi connectivity index (χ4v) is 2.60. The van der Waals surface area contributed by atoms with E-state index in [4.69, 9.17) is 0 Å². The average molecular weight is 361 g/mol. The number of Topliss-reactive ketones (excluding diaryl/α,β-unsaturated/α-hetero) is 1. The highest BCUT2D eigenvalue weighted by atomic mass is 79.9. The number of anilines is 1. The lowest BCUT2D eigenvalue weighted by Gasteiger charge is -2.16. The zero-order valence-electron chi connectivity index (χ0n) is 9.08. The second kappa shape index (κ2) is 5.31. The lowest BCUT2D eigenvalue weighted by molar-refractivity contribution is -0.114. The van der Waals surface area contributed by atoms with Gasteiger partial charge in [0, 0.05) is 16.3 Å². The Morgan fingerprint density at radius 3 is 2.65 bits per heavy atom. The van der Waals surface area contributed by atoms with Gasteiger partial charge in [0.2, 0.25) is 0 Å². The molecule has 2 rings (SSSR count). The number of nitrogens with zero attached hydrogens (tertiary/aromatic N) is 1. The third-order valence-electron chi connectivity index (χ3n) is 2.70. The van der Waals surface area contributed by atoms with Gasteiger partial charge in [0.15, 0.2) is 0 Å². The van der Waals surface area contributed by atoms with E-state index in [0.29, 0.717) is 12.1 Å². The van der Waals surface area contributed by atoms with Gasteiger partial charge in [-0.2, -0.15) is 0 Å². The van der Waals surface area contributed by atoms with Crippen LogP contribution in [-0.2, 0) is 4.79 Å². The molecule has 3 nitrogen and oxygen atoms in total. The first-order valence-electron chi connectivity index (χ1n) is 5.37. The predicted octanol–water partition coefficient (Wildman–Crippen LogP) is 3.15. The lowest BCUT2D eigenvalue weighted by atomic mass is 10.1. The summed E-state index contributed by atoms with van der Waals surface area (Å²) in [6.45, 7) is 0.597. The third kappa shape index (κ3) is 2.45. The SMILES string of the molecule is O=C1C(=O)N(CCCCBr)c2cc(Br)ccc21. The van der Waals surface area contributed by atoms with Crippen LogP contribution in [-0.4, -0.2) is 23.6 Å². The predicted molar refractivity (Wildman–Crippen MR) is 73.9 cm³/mol. The zero-order chi connectivity index (χ0) is 12.4. The highest BCUT2D eigenvalue weighted by molar-refractivity contribution is 9.10. The molecule has 0 fully saturated rings. The minimum absolute atomic E-state index is 0.397. The molecule has 0 unspecified atom stereocenters. The standard InChI is InChI=1S/C12H11Br2NO2/c13-5-1-2-6-15-10-7-8(14)3-4-9(10)11(16)12(15)17/h3-4,7H,1-2,5-6H2. The van der Waals surface area contributed by atoms with Gasteiger partial charge in [0.05, 0.1) is 11.3 Å². The Morgan fingerprint density at radius 2 is 1.94 bits per heavy atom. The van der Waals surface area contributed by atoms with Gasteiger partial charge in [0.25, 0.3) is 11.7 Å². The molecule has 0 radical (unpaired) electrons. The molecule has 0 spiro atoms. The monoisotopic (exact) mass is 359 g/mol. The summed E-state index contributed by atoms with van der Waals surface area (Å²) in [6, 6.07) is 5.31. The van der Waals surface area contributed by atoms with Gasteiger partial charge in [-0.3, -0.25) is 9.59 Å². The third-order valence-corrected chi connectivity index (χ3v) is 3.75. The second-order valence-electron chi connectivity index (χ2n) is 3.84. The van der Waals surface area contributed by atoms with E-state index < -0.39 is 11.7 Å². The number of alkyl halides is 1. The van der Waals surface area contributed by atoms with Crippen molar-refractivity contribution in [1.29, 1.82) is 0 Å². The number of halogens is 2. The molecule has 0 aromatic heterocycles. The molecule has 17 heavy (non-hydrogen) atoms. The van der Waals surface area contributed by atoms with Gasteiger partial charge in [-0.25, -0.2) is 0 Å². The van der Waals surface area contributed by atoms with E-state index in [2.05, 4.69) is 31.9 Å². The number of fused-ring (bicyclic) bond motifs is 1. The van der Waals surface area contributed by atoms with Crippen molar-refractivity contribution in [2.45, 2.75) is 12.8 Å². The van der Waals surface area contributed by atoms with Gasteiger partial charge < -0.3 is 4.90 Å². The van der Waals surface area contributed by atoms with Gasteiger partial charge in [-0.05, 0) is 31.0 Å². The number of hydrogen-bond acceptors (Lipinski definition) is 2. The summed E-state index contributed by atoms with van der Waals surface area (Å²) in [5.41, 5.74) is 1.24. The number of rotatable bonds is 4. The molecule has 1 aliphatic rings. The van der Waals surface area contributed by atoms with Crippen LogP contribution in [0, 0.1) is 0 Å². The number of hydrogen-bond donors (Lipinski definition) is 0. The maximum Gasteiger partial charge on any atom is 0.299 e. The molecule has 0 aliphatic carbocycles. The van der Waals surface area contributed by atoms with Crippen molar-refractivity contribution in [3.63, 3.8) is 0 Å². The van der Waals surface area contributed by atoms with Crippen LogP contribution in [0.25, 0.3) is 0 Å². The summed E-state index contributed by atoms with van der Waals surface area (Å²) in [6.07, 6.45) is 1.87. The molecular formula is C12H11Br2NO2. The summed E-state index contributed by atoms with van der Waals surface area (Å²) in [4.78, 5) is 25.1. The summed E-state index contributed by atoms with van der Waals surface area (Å²) >= 11 is 6.71. The van der Waals surface area contributed by atoms with E-state index in [1.54, 1.807) is 17.0 Å². The summed E-state index contributed by atoms with van der Waals surface area (Å²) in [5.74, 6) is -0.806. The molecule has 1 heterocycles. The Balaban J connectivity index is 2.26. The molecule has 1 aromatic rings. The summed E-state index contributed by atoms with van der Waals surface area (Å²) < 4.78 is 0.879. The maximum atomic E-state index is 11.8. The van der Waals surface area contributed by atoms with E-state index >= 15 is 0 Å². The Hall–Kier alpha value is -0.680. The molecule has 1 aliphatic heterocycles. The minimum Gasteiger partial charge on any atom is -0.305 e. The van der Waals surface area contributed by atoms with Crippen molar-refractivity contribution in [2.24, 2.45) is 0 Å². The molecule has 1 amide bonds. The van der Waals surface area contributed by atoms with Crippen molar-refractivity contribution < 1.29 is 9.59 Å². The van der Waals surface area contributed by atoms with Crippen LogP contribution in [0.4, 0.5) is 5.69 Å². The largest absolute Gasteiger partial charge is 0.305 e. The van der Waals surface area contributed by atoms with Crippen molar-refractivity contribution >= 4 is 49.2 Å². The molecule has 1 aromatic carbocycles. The van der Waals surface area contributed by atoms with Crippen LogP contribution in [0.5, 0.6) is 0 Å². The average Bonchev–Trinajstić information content (AvgIpc) is 2.54. The molecule has 5 heteroatoms. The van der Waals surface area contributed by atoms with E-state index in [1.807, 2.05) is 6.07 Å². The zero-order valence-corrected chi connectivity index (χ0v) is 12.3. The van der Waals surface area contributed by atoms with Gasteiger partial charge in [-0.15, -0.1) is 0 Å². The van der Waals surface area contributed by atoms with Crippen LogP contribution in [0.2, 0.25) is 0 Å². The quantitative estimate of drug-likeness (QED) is 0.470. The number of ketones is 1. The van der Waals surface area contributed by atoms with Gasteiger partial charge in [-0.1, -0.05) is 31.9 Å². The fraction of sp³-hybridized carbons (Fsp3) is 0.333. The van der Waals surface area contributed by atoms with Gasteiger partial charge >= 0.3 is 0 Å². The molecule has 0 atom stereocenters. The normalized spacial score (nSPS) is 14.4. The summed E-state index contributed by atoms with van der Waals surface area (Å²) in [5, 5.41) is 0.911. The van der Waals surface area contributed by atoms with E-state index in [1.165, 1.54) is 0 Å². The molecule has 90 valence electrons. The first kappa shape index (κ1) is 12.8. The Labute approximate surface area is 116 Å². The van der Waals surface area contributed by atoms with Crippen LogP contribution in [0.1, 0.15) is 23.2 Å². The number of unbranched alkanes of at least 4 members (excludes halogenated alkanes) is 1. The summed E-state index contributed by atoms with van der Waals surface area (Å²) in [7, 11) is 0. The van der Waals surface area contributed by atoms with Crippen molar-refractivity contribution in [3.05, 3.63) is 28.2 Å². The number of benzene rings is 1. The fourth-order valence-electron chi connectivity index (χ4n) is 1.85. The van der Waals surface area contributed by atoms with E-state index in [0.717, 1.165) is 28.3 Å². The lowest BCUT2D eigenvalue weighted by Crippen LogP contribution is -2.30. The highest BCUT2D eigenvalue weighted by Crippen LogP contribution is 2.31. The topological polar surface area (TPSA) is 37.4 Å². The van der Waals surface area contributed by atoms with E-state index in [9.17, 15) is 9.59 Å².